The van der Waals surface area contributed by atoms with Crippen molar-refractivity contribution in [3.05, 3.63) is 51.4 Å². The summed E-state index contributed by atoms with van der Waals surface area (Å²) in [4.78, 5) is 45.9. The molecule has 2 aliphatic rings. The maximum Gasteiger partial charge on any atom is 0.285 e. The third kappa shape index (κ3) is 2.74. The lowest BCUT2D eigenvalue weighted by atomic mass is 9.82. The molecule has 5 rings (SSSR count). The molecule has 0 radical (unpaired) electrons. The van der Waals surface area contributed by atoms with Gasteiger partial charge in [0.25, 0.3) is 17.4 Å². The summed E-state index contributed by atoms with van der Waals surface area (Å²) in [6, 6.07) is 3.46. The maximum absolute atomic E-state index is 12.9. The van der Waals surface area contributed by atoms with Gasteiger partial charge >= 0.3 is 0 Å². The molecule has 2 atom stereocenters. The fourth-order valence-electron chi connectivity index (χ4n) is 4.29. The summed E-state index contributed by atoms with van der Waals surface area (Å²) in [5.74, 6) is 0.328. The number of aromatic amines is 1. The van der Waals surface area contributed by atoms with E-state index in [2.05, 4.69) is 15.2 Å². The number of carbonyl (C=O) groups is 2. The van der Waals surface area contributed by atoms with Crippen molar-refractivity contribution < 1.29 is 14.1 Å². The van der Waals surface area contributed by atoms with Crippen LogP contribution in [0.1, 0.15) is 38.7 Å². The molecule has 150 valence electrons. The Bertz CT molecular complexity index is 1190. The highest BCUT2D eigenvalue weighted by Gasteiger charge is 2.46. The summed E-state index contributed by atoms with van der Waals surface area (Å²) in [6.07, 6.45) is 2.01. The number of nitrogens with zero attached hydrogens (tertiary/aromatic N) is 5. The van der Waals surface area contributed by atoms with Gasteiger partial charge in [-0.15, -0.1) is 0 Å². The van der Waals surface area contributed by atoms with Crippen molar-refractivity contribution in [3.8, 4) is 0 Å². The van der Waals surface area contributed by atoms with Crippen LogP contribution < -0.4 is 5.56 Å². The number of hydrogen-bond acceptors (Lipinski definition) is 6. The first-order valence-electron chi connectivity index (χ1n) is 9.53. The molecule has 0 bridgehead atoms. The van der Waals surface area contributed by atoms with Crippen molar-refractivity contribution >= 4 is 17.5 Å². The fraction of sp³-hybridized carbons (Fsp3) is 0.421. The first kappa shape index (κ1) is 17.7. The highest BCUT2D eigenvalue weighted by molar-refractivity contribution is 5.94. The SMILES string of the molecule is Cc1cc2ncc(C(=O)N3CC[C@H]4[C@@H](C3)CN4C(=O)c3cc(C)on3)c(=O)n2[nH]1. The van der Waals surface area contributed by atoms with E-state index in [9.17, 15) is 14.4 Å². The monoisotopic (exact) mass is 396 g/mol. The molecule has 0 saturated carbocycles. The Balaban J connectivity index is 1.30. The van der Waals surface area contributed by atoms with Crippen LogP contribution in [-0.2, 0) is 0 Å². The minimum absolute atomic E-state index is 0.0492. The Morgan fingerprint density at radius 1 is 1.21 bits per heavy atom. The summed E-state index contributed by atoms with van der Waals surface area (Å²) >= 11 is 0. The third-order valence-electron chi connectivity index (χ3n) is 5.77. The van der Waals surface area contributed by atoms with Gasteiger partial charge in [-0.3, -0.25) is 19.5 Å². The lowest BCUT2D eigenvalue weighted by molar-refractivity contribution is -0.0231. The molecule has 5 heterocycles. The van der Waals surface area contributed by atoms with Crippen molar-refractivity contribution in [2.75, 3.05) is 19.6 Å². The van der Waals surface area contributed by atoms with Gasteiger partial charge in [0.15, 0.2) is 11.3 Å². The predicted octanol–water partition coefficient (Wildman–Crippen LogP) is 0.614. The Morgan fingerprint density at radius 2 is 2.03 bits per heavy atom. The number of H-pyrrole nitrogens is 1. The zero-order valence-corrected chi connectivity index (χ0v) is 16.1. The van der Waals surface area contributed by atoms with Crippen LogP contribution in [0.15, 0.2) is 27.6 Å². The predicted molar refractivity (Wildman–Crippen MR) is 101 cm³/mol. The van der Waals surface area contributed by atoms with E-state index in [-0.39, 0.29) is 29.3 Å². The quantitative estimate of drug-likeness (QED) is 0.678. The van der Waals surface area contributed by atoms with Crippen molar-refractivity contribution in [1.29, 1.82) is 0 Å². The minimum atomic E-state index is -0.401. The number of aromatic nitrogens is 4. The molecule has 10 heteroatoms. The molecule has 10 nitrogen and oxygen atoms in total. The summed E-state index contributed by atoms with van der Waals surface area (Å²) < 4.78 is 6.28. The zero-order chi connectivity index (χ0) is 20.3. The molecule has 1 N–H and O–H groups in total. The summed E-state index contributed by atoms with van der Waals surface area (Å²) in [7, 11) is 0. The number of amides is 2. The van der Waals surface area contributed by atoms with Crippen LogP contribution in [0, 0.1) is 19.8 Å². The van der Waals surface area contributed by atoms with Gasteiger partial charge in [-0.05, 0) is 20.3 Å². The zero-order valence-electron chi connectivity index (χ0n) is 16.1. The third-order valence-corrected chi connectivity index (χ3v) is 5.77. The standard InChI is InChI=1S/C19H20N6O4/c1-10-5-16-20-7-13(18(27)25(16)21-10)17(26)23-4-3-15-12(8-23)9-24(15)19(28)14-6-11(2)29-22-14/h5-7,12,15,21H,3-4,8-9H2,1-2H3/t12-,15-/m0/s1. The second-order valence-electron chi connectivity index (χ2n) is 7.76. The number of nitrogens with one attached hydrogen (secondary N) is 1. The molecule has 2 amide bonds. The lowest BCUT2D eigenvalue weighted by Crippen LogP contribution is -2.65. The number of aryl methyl sites for hydroxylation is 2. The normalized spacial score (nSPS) is 21.2. The molecular weight excluding hydrogens is 376 g/mol. The van der Waals surface area contributed by atoms with Gasteiger partial charge in [0, 0.05) is 55.6 Å². The molecule has 29 heavy (non-hydrogen) atoms. The van der Waals surface area contributed by atoms with E-state index in [1.807, 2.05) is 6.92 Å². The summed E-state index contributed by atoms with van der Waals surface area (Å²) in [5, 5.41) is 6.70. The van der Waals surface area contributed by atoms with Crippen LogP contribution in [0.2, 0.25) is 0 Å². The number of likely N-dealkylation sites (tertiary alicyclic amines) is 2. The molecule has 2 saturated heterocycles. The fourth-order valence-corrected chi connectivity index (χ4v) is 4.29. The van der Waals surface area contributed by atoms with Gasteiger partial charge in [-0.2, -0.15) is 0 Å². The first-order chi connectivity index (χ1) is 13.9. The van der Waals surface area contributed by atoms with Crippen molar-refractivity contribution in [2.45, 2.75) is 26.3 Å². The second-order valence-corrected chi connectivity index (χ2v) is 7.76. The van der Waals surface area contributed by atoms with E-state index in [0.717, 1.165) is 5.69 Å². The molecule has 0 aliphatic carbocycles. The van der Waals surface area contributed by atoms with Gasteiger partial charge in [-0.25, -0.2) is 9.50 Å². The average molecular weight is 396 g/mol. The van der Waals surface area contributed by atoms with Crippen molar-refractivity contribution in [1.82, 2.24) is 29.6 Å². The number of piperidine rings is 1. The van der Waals surface area contributed by atoms with E-state index >= 15 is 0 Å². The van der Waals surface area contributed by atoms with Crippen LogP contribution >= 0.6 is 0 Å². The van der Waals surface area contributed by atoms with Crippen LogP contribution in [0.25, 0.3) is 5.65 Å². The molecule has 0 spiro atoms. The highest BCUT2D eigenvalue weighted by Crippen LogP contribution is 2.33. The summed E-state index contributed by atoms with van der Waals surface area (Å²) in [6.45, 7) is 5.12. The van der Waals surface area contributed by atoms with Crippen LogP contribution in [0.3, 0.4) is 0 Å². The van der Waals surface area contributed by atoms with Crippen LogP contribution in [0.5, 0.6) is 0 Å². The maximum atomic E-state index is 12.9. The molecular formula is C19H20N6O4. The van der Waals surface area contributed by atoms with Crippen LogP contribution in [-0.4, -0.2) is 67.0 Å². The van der Waals surface area contributed by atoms with E-state index in [1.165, 1.54) is 10.7 Å². The molecule has 0 unspecified atom stereocenters. The average Bonchev–Trinajstić information content (AvgIpc) is 3.28. The van der Waals surface area contributed by atoms with E-state index in [1.54, 1.807) is 28.9 Å². The van der Waals surface area contributed by atoms with E-state index in [0.29, 0.717) is 43.2 Å². The number of carbonyl (C=O) groups excluding carboxylic acids is 2. The van der Waals surface area contributed by atoms with Gasteiger partial charge in [0.2, 0.25) is 0 Å². The van der Waals surface area contributed by atoms with Gasteiger partial charge in [-0.1, -0.05) is 5.16 Å². The molecule has 3 aromatic rings. The Kier molecular flexibility index (Phi) is 3.83. The smallest absolute Gasteiger partial charge is 0.285 e. The second kappa shape index (κ2) is 6.29. The largest absolute Gasteiger partial charge is 0.361 e. The van der Waals surface area contributed by atoms with E-state index in [4.69, 9.17) is 4.52 Å². The topological polar surface area (TPSA) is 117 Å². The van der Waals surface area contributed by atoms with Crippen molar-refractivity contribution in [3.63, 3.8) is 0 Å². The van der Waals surface area contributed by atoms with Gasteiger partial charge in [0.05, 0.1) is 0 Å². The van der Waals surface area contributed by atoms with Gasteiger partial charge in [0.1, 0.15) is 11.3 Å². The molecule has 0 aromatic carbocycles. The van der Waals surface area contributed by atoms with Crippen LogP contribution in [0.4, 0.5) is 0 Å². The molecule has 3 aromatic heterocycles. The molecule has 2 aliphatic heterocycles. The highest BCUT2D eigenvalue weighted by atomic mass is 16.5. The first-order valence-corrected chi connectivity index (χ1v) is 9.53. The van der Waals surface area contributed by atoms with Gasteiger partial charge < -0.3 is 14.3 Å². The van der Waals surface area contributed by atoms with Crippen molar-refractivity contribution in [2.24, 2.45) is 5.92 Å². The Labute approximate surface area is 165 Å². The Hall–Kier alpha value is -3.43. The number of rotatable bonds is 2. The number of fused-ring (bicyclic) bond motifs is 2. The number of hydrogen-bond donors (Lipinski definition) is 1. The minimum Gasteiger partial charge on any atom is -0.361 e. The Morgan fingerprint density at radius 3 is 2.76 bits per heavy atom. The molecule has 2 fully saturated rings. The summed E-state index contributed by atoms with van der Waals surface area (Å²) in [5.41, 5.74) is 1.24. The van der Waals surface area contributed by atoms with E-state index < -0.39 is 5.56 Å². The lowest BCUT2D eigenvalue weighted by Gasteiger charge is -2.53.